The zero-order chi connectivity index (χ0) is 25.7. The predicted octanol–water partition coefficient (Wildman–Crippen LogP) is 7.44. The molecule has 6 rings (SSSR count). The number of amidine groups is 2. The van der Waals surface area contributed by atoms with Crippen LogP contribution in [0.15, 0.2) is 88.9 Å². The molecule has 1 amide bonds. The highest BCUT2D eigenvalue weighted by Gasteiger charge is 2.36. The van der Waals surface area contributed by atoms with Crippen molar-refractivity contribution in [1.82, 2.24) is 9.47 Å². The second-order valence-electron chi connectivity index (χ2n) is 8.55. The molecule has 182 valence electrons. The molecular formula is C28H17Cl2FN4OS. The van der Waals surface area contributed by atoms with Gasteiger partial charge in [0.2, 0.25) is 0 Å². The maximum Gasteiger partial charge on any atom is 0.283 e. The Labute approximate surface area is 226 Å². The van der Waals surface area contributed by atoms with Crippen LogP contribution in [0.4, 0.5) is 4.39 Å². The number of nitrogens with one attached hydrogen (secondary N) is 1. The van der Waals surface area contributed by atoms with Gasteiger partial charge in [0, 0.05) is 34.6 Å². The second-order valence-corrected chi connectivity index (χ2v) is 10.2. The van der Waals surface area contributed by atoms with Crippen molar-refractivity contribution in [3.63, 3.8) is 0 Å². The number of carbonyl (C=O) groups is 1. The lowest BCUT2D eigenvalue weighted by molar-refractivity contribution is -0.114. The first-order valence-electron chi connectivity index (χ1n) is 11.3. The van der Waals surface area contributed by atoms with E-state index in [1.54, 1.807) is 29.2 Å². The molecule has 1 N–H and O–H groups in total. The van der Waals surface area contributed by atoms with Crippen molar-refractivity contribution in [2.45, 2.75) is 6.54 Å². The van der Waals surface area contributed by atoms with Gasteiger partial charge in [0.1, 0.15) is 11.7 Å². The van der Waals surface area contributed by atoms with Crippen molar-refractivity contribution in [2.75, 3.05) is 0 Å². The van der Waals surface area contributed by atoms with E-state index < -0.39 is 5.91 Å². The van der Waals surface area contributed by atoms with Gasteiger partial charge in [-0.3, -0.25) is 15.1 Å². The summed E-state index contributed by atoms with van der Waals surface area (Å²) in [5.74, 6) is -0.790. The van der Waals surface area contributed by atoms with Crippen LogP contribution in [0.5, 0.6) is 0 Å². The summed E-state index contributed by atoms with van der Waals surface area (Å²) < 4.78 is 15.5. The lowest BCUT2D eigenvalue weighted by Crippen LogP contribution is -2.38. The molecule has 0 saturated carbocycles. The first kappa shape index (κ1) is 23.7. The Morgan fingerprint density at radius 3 is 2.59 bits per heavy atom. The molecule has 4 aromatic rings. The summed E-state index contributed by atoms with van der Waals surface area (Å²) in [6, 6.07) is 19.4. The number of nitrogens with zero attached hydrogens (tertiary/aromatic N) is 3. The molecule has 0 spiro atoms. The van der Waals surface area contributed by atoms with Gasteiger partial charge in [-0.05, 0) is 59.7 Å². The van der Waals surface area contributed by atoms with Gasteiger partial charge in [0.05, 0.1) is 21.3 Å². The topological polar surface area (TPSA) is 61.5 Å². The summed E-state index contributed by atoms with van der Waals surface area (Å²) in [5.41, 5.74) is 4.33. The fraction of sp³-hybridized carbons (Fsp3) is 0.0357. The minimum absolute atomic E-state index is 0.0249. The maximum absolute atomic E-state index is 13.5. The highest BCUT2D eigenvalue weighted by atomic mass is 35.5. The van der Waals surface area contributed by atoms with Crippen LogP contribution in [-0.4, -0.2) is 26.4 Å². The summed E-state index contributed by atoms with van der Waals surface area (Å²) >= 11 is 13.6. The van der Waals surface area contributed by atoms with Crippen molar-refractivity contribution in [3.8, 4) is 0 Å². The summed E-state index contributed by atoms with van der Waals surface area (Å²) in [5, 5.41) is 13.1. The number of benzene rings is 3. The smallest absolute Gasteiger partial charge is 0.283 e. The van der Waals surface area contributed by atoms with E-state index in [-0.39, 0.29) is 17.2 Å². The molecule has 0 radical (unpaired) electrons. The predicted molar refractivity (Wildman–Crippen MR) is 149 cm³/mol. The largest absolute Gasteiger partial charge is 0.342 e. The lowest BCUT2D eigenvalue weighted by atomic mass is 10.1. The molecule has 2 aliphatic rings. The van der Waals surface area contributed by atoms with E-state index in [4.69, 9.17) is 28.6 Å². The van der Waals surface area contributed by atoms with Gasteiger partial charge >= 0.3 is 0 Å². The third-order valence-corrected chi connectivity index (χ3v) is 7.78. The van der Waals surface area contributed by atoms with E-state index in [2.05, 4.69) is 9.56 Å². The number of halogens is 3. The first-order chi connectivity index (χ1) is 17.9. The maximum atomic E-state index is 13.5. The van der Waals surface area contributed by atoms with Crippen LogP contribution in [-0.2, 0) is 11.3 Å². The van der Waals surface area contributed by atoms with Crippen molar-refractivity contribution in [1.29, 1.82) is 5.41 Å². The van der Waals surface area contributed by atoms with Crippen molar-refractivity contribution < 1.29 is 9.18 Å². The number of aliphatic imine (C=N–C) groups is 1. The van der Waals surface area contributed by atoms with Crippen LogP contribution in [0.1, 0.15) is 16.7 Å². The molecular weight excluding hydrogens is 530 g/mol. The number of fused-ring (bicyclic) bond motifs is 2. The summed E-state index contributed by atoms with van der Waals surface area (Å²) in [6.45, 7) is 0.550. The molecule has 3 aromatic carbocycles. The quantitative estimate of drug-likeness (QED) is 0.270. The molecule has 0 unspecified atom stereocenters. The summed E-state index contributed by atoms with van der Waals surface area (Å²) in [6.07, 6.45) is 3.67. The minimum atomic E-state index is -0.473. The Hall–Kier alpha value is -3.65. The van der Waals surface area contributed by atoms with Gasteiger partial charge in [-0.2, -0.15) is 4.99 Å². The van der Waals surface area contributed by atoms with Crippen LogP contribution in [0.25, 0.3) is 22.7 Å². The Bertz CT molecular complexity index is 1710. The molecule has 5 nitrogen and oxygen atoms in total. The van der Waals surface area contributed by atoms with E-state index in [1.807, 2.05) is 48.0 Å². The monoisotopic (exact) mass is 546 g/mol. The molecule has 0 saturated heterocycles. The van der Waals surface area contributed by atoms with Gasteiger partial charge in [0.25, 0.3) is 5.91 Å². The fourth-order valence-corrected chi connectivity index (χ4v) is 5.65. The molecule has 0 aliphatic carbocycles. The molecule has 1 aromatic heterocycles. The number of hydrogen-bond acceptors (Lipinski definition) is 3. The van der Waals surface area contributed by atoms with Crippen molar-refractivity contribution >= 4 is 74.6 Å². The fourth-order valence-electron chi connectivity index (χ4n) is 4.44. The zero-order valence-corrected chi connectivity index (χ0v) is 21.4. The molecule has 0 bridgehead atoms. The number of hydrogen-bond donors (Lipinski definition) is 1. The van der Waals surface area contributed by atoms with Gasteiger partial charge in [-0.1, -0.05) is 59.2 Å². The lowest BCUT2D eigenvalue weighted by Gasteiger charge is -2.26. The number of amides is 1. The van der Waals surface area contributed by atoms with Gasteiger partial charge in [-0.25, -0.2) is 4.39 Å². The highest BCUT2D eigenvalue weighted by Crippen LogP contribution is 2.38. The second kappa shape index (κ2) is 9.34. The normalized spacial score (nSPS) is 16.4. The van der Waals surface area contributed by atoms with Crippen LogP contribution >= 0.6 is 35.0 Å². The average Bonchev–Trinajstić information content (AvgIpc) is 3.46. The van der Waals surface area contributed by atoms with Crippen molar-refractivity contribution in [3.05, 3.63) is 116 Å². The Morgan fingerprint density at radius 2 is 1.81 bits per heavy atom. The third-order valence-electron chi connectivity index (χ3n) is 6.21. The minimum Gasteiger partial charge on any atom is -0.342 e. The van der Waals surface area contributed by atoms with Gasteiger partial charge < -0.3 is 4.57 Å². The van der Waals surface area contributed by atoms with Gasteiger partial charge in [-0.15, -0.1) is 0 Å². The first-order valence-corrected chi connectivity index (χ1v) is 12.9. The molecule has 0 fully saturated rings. The van der Waals surface area contributed by atoms with E-state index >= 15 is 0 Å². The van der Waals surface area contributed by atoms with Crippen LogP contribution in [0.2, 0.25) is 10.0 Å². The van der Waals surface area contributed by atoms with E-state index in [1.165, 1.54) is 23.9 Å². The van der Waals surface area contributed by atoms with Crippen molar-refractivity contribution in [2.24, 2.45) is 4.99 Å². The molecule has 2 aliphatic heterocycles. The highest BCUT2D eigenvalue weighted by molar-refractivity contribution is 8.17. The Balaban J connectivity index is 1.39. The van der Waals surface area contributed by atoms with Crippen LogP contribution < -0.4 is 0 Å². The van der Waals surface area contributed by atoms with Crippen LogP contribution in [0, 0.1) is 11.2 Å². The third kappa shape index (κ3) is 4.29. The number of rotatable bonds is 4. The Morgan fingerprint density at radius 1 is 1.03 bits per heavy atom. The number of carbonyl (C=O) groups excluding carboxylic acids is 1. The molecule has 37 heavy (non-hydrogen) atoms. The Kier molecular flexibility index (Phi) is 5.99. The number of para-hydroxylation sites is 1. The molecule has 0 atom stereocenters. The zero-order valence-electron chi connectivity index (χ0n) is 19.1. The van der Waals surface area contributed by atoms with E-state index in [0.29, 0.717) is 27.5 Å². The summed E-state index contributed by atoms with van der Waals surface area (Å²) in [7, 11) is 0. The summed E-state index contributed by atoms with van der Waals surface area (Å²) in [4.78, 5) is 18.9. The number of aromatic nitrogens is 1. The van der Waals surface area contributed by atoms with E-state index in [9.17, 15) is 9.18 Å². The standard InChI is InChI=1S/C28H17Cl2FN4OS/c29-22-10-5-16(11-23(22)30)13-34-14-18(20-3-1-2-4-24(20)34)12-21-26(32)35-25(15-37-28(35)33-27(21)36)17-6-8-19(31)9-7-17/h1-12,14-15,32H,13H2/b21-12+,32-26?. The average molecular weight is 547 g/mol. The molecule has 3 heterocycles. The van der Waals surface area contributed by atoms with Crippen LogP contribution in [0.3, 0.4) is 0 Å². The number of thioether (sulfide) groups is 1. The SMILES string of the molecule is N=C1/C(=C\c2cn(Cc3ccc(Cl)c(Cl)c3)c3ccccc23)C(=O)N=C2SC=C(c3ccc(F)cc3)N12. The van der Waals surface area contributed by atoms with Gasteiger partial charge in [0.15, 0.2) is 5.17 Å². The molecule has 9 heteroatoms. The van der Waals surface area contributed by atoms with E-state index in [0.717, 1.165) is 27.6 Å².